The molecule has 0 aromatic heterocycles. The summed E-state index contributed by atoms with van der Waals surface area (Å²) in [5.74, 6) is 7.35. The molecule has 0 aliphatic heterocycles. The van der Waals surface area contributed by atoms with Crippen LogP contribution in [0.4, 0.5) is 0 Å². The molecule has 2 nitrogen and oxygen atoms in total. The van der Waals surface area contributed by atoms with Crippen molar-refractivity contribution >= 4 is 15.9 Å². The van der Waals surface area contributed by atoms with Gasteiger partial charge in [-0.05, 0) is 42.8 Å². The molecule has 3 heteroatoms. The van der Waals surface area contributed by atoms with Gasteiger partial charge < -0.3 is 4.74 Å². The van der Waals surface area contributed by atoms with Crippen molar-refractivity contribution in [2.75, 3.05) is 13.7 Å². The zero-order valence-electron chi connectivity index (χ0n) is 13.4. The summed E-state index contributed by atoms with van der Waals surface area (Å²) in [6, 6.07) is 14.0. The number of benzene rings is 2. The van der Waals surface area contributed by atoms with E-state index in [0.29, 0.717) is 6.54 Å². The minimum Gasteiger partial charge on any atom is -0.497 e. The van der Waals surface area contributed by atoms with Crippen LogP contribution in [0, 0.1) is 18.8 Å². The molecule has 0 fully saturated rings. The molecule has 0 aliphatic rings. The van der Waals surface area contributed by atoms with Crippen LogP contribution in [0.5, 0.6) is 5.75 Å². The Kier molecular flexibility index (Phi) is 6.46. The molecule has 2 aromatic carbocycles. The first-order chi connectivity index (χ1) is 11.1. The van der Waals surface area contributed by atoms with Gasteiger partial charge >= 0.3 is 0 Å². The van der Waals surface area contributed by atoms with Crippen LogP contribution in [0.15, 0.2) is 59.6 Å². The fraction of sp³-hybridized carbons (Fsp3) is 0.200. The quantitative estimate of drug-likeness (QED) is 0.612. The van der Waals surface area contributed by atoms with Crippen LogP contribution in [0.3, 0.4) is 0 Å². The summed E-state index contributed by atoms with van der Waals surface area (Å²) >= 11 is 3.60. The van der Waals surface area contributed by atoms with Crippen LogP contribution in [0.25, 0.3) is 0 Å². The van der Waals surface area contributed by atoms with Crippen LogP contribution < -0.4 is 10.1 Å². The Morgan fingerprint density at radius 2 is 2.00 bits per heavy atom. The molecule has 0 bridgehead atoms. The lowest BCUT2D eigenvalue weighted by molar-refractivity contribution is 0.413. The predicted octanol–water partition coefficient (Wildman–Crippen LogP) is 4.63. The van der Waals surface area contributed by atoms with Gasteiger partial charge in [0.2, 0.25) is 0 Å². The Hall–Kier alpha value is -2.02. The predicted molar refractivity (Wildman–Crippen MR) is 99.7 cm³/mol. The van der Waals surface area contributed by atoms with Crippen molar-refractivity contribution < 1.29 is 4.74 Å². The maximum Gasteiger partial charge on any atom is 0.119 e. The number of nitrogens with one attached hydrogen (secondary N) is 1. The Morgan fingerprint density at radius 1 is 1.26 bits per heavy atom. The second-order valence-electron chi connectivity index (χ2n) is 5.15. The van der Waals surface area contributed by atoms with Crippen molar-refractivity contribution in [2.24, 2.45) is 0 Å². The van der Waals surface area contributed by atoms with Gasteiger partial charge in [0.25, 0.3) is 0 Å². The van der Waals surface area contributed by atoms with Crippen LogP contribution in [0.2, 0.25) is 0 Å². The maximum atomic E-state index is 5.32. The van der Waals surface area contributed by atoms with Crippen LogP contribution in [0.1, 0.15) is 22.7 Å². The molecule has 0 saturated carbocycles. The number of hydrogen-bond acceptors (Lipinski definition) is 2. The van der Waals surface area contributed by atoms with Gasteiger partial charge in [-0.1, -0.05) is 51.5 Å². The van der Waals surface area contributed by atoms with E-state index >= 15 is 0 Å². The highest BCUT2D eigenvalue weighted by Gasteiger charge is 2.12. The highest BCUT2D eigenvalue weighted by molar-refractivity contribution is 9.10. The topological polar surface area (TPSA) is 21.3 Å². The van der Waals surface area contributed by atoms with Crippen molar-refractivity contribution in [2.45, 2.75) is 13.0 Å². The van der Waals surface area contributed by atoms with Gasteiger partial charge in [-0.25, -0.2) is 0 Å². The fourth-order valence-corrected chi connectivity index (χ4v) is 2.58. The minimum atomic E-state index is -0.112. The fourth-order valence-electron chi connectivity index (χ4n) is 2.10. The van der Waals surface area contributed by atoms with Gasteiger partial charge in [0.15, 0.2) is 0 Å². The molecule has 2 rings (SSSR count). The molecule has 0 spiro atoms. The summed E-state index contributed by atoms with van der Waals surface area (Å²) in [7, 11) is 1.66. The van der Waals surface area contributed by atoms with E-state index in [4.69, 9.17) is 4.74 Å². The molecule has 0 aliphatic carbocycles. The van der Waals surface area contributed by atoms with E-state index in [0.717, 1.165) is 21.3 Å². The number of aryl methyl sites for hydroxylation is 1. The summed E-state index contributed by atoms with van der Waals surface area (Å²) in [4.78, 5) is 0. The summed E-state index contributed by atoms with van der Waals surface area (Å²) in [6.45, 7) is 6.51. The second kappa shape index (κ2) is 8.57. The summed E-state index contributed by atoms with van der Waals surface area (Å²) < 4.78 is 6.32. The van der Waals surface area contributed by atoms with Crippen molar-refractivity contribution in [3.8, 4) is 17.6 Å². The van der Waals surface area contributed by atoms with E-state index in [1.54, 1.807) is 7.11 Å². The van der Waals surface area contributed by atoms with Crippen LogP contribution in [-0.2, 0) is 0 Å². The Balaban J connectivity index is 2.34. The van der Waals surface area contributed by atoms with Gasteiger partial charge in [-0.3, -0.25) is 5.32 Å². The van der Waals surface area contributed by atoms with Crippen molar-refractivity contribution in [1.29, 1.82) is 0 Å². The molecule has 23 heavy (non-hydrogen) atoms. The average Bonchev–Trinajstić information content (AvgIpc) is 2.57. The third-order valence-electron chi connectivity index (χ3n) is 3.39. The molecule has 118 valence electrons. The zero-order valence-corrected chi connectivity index (χ0v) is 15.0. The third-order valence-corrected chi connectivity index (χ3v) is 4.12. The lowest BCUT2D eigenvalue weighted by atomic mass is 10.1. The first-order valence-corrected chi connectivity index (χ1v) is 8.19. The SMILES string of the molecule is C=CCNC(C#Cc1ccc(C)cc1)c1cc(OC)ccc1Br. The molecule has 1 atom stereocenters. The molecule has 1 N–H and O–H groups in total. The van der Waals surface area contributed by atoms with E-state index in [-0.39, 0.29) is 6.04 Å². The van der Waals surface area contributed by atoms with Crippen LogP contribution in [-0.4, -0.2) is 13.7 Å². The maximum absolute atomic E-state index is 5.32. The minimum absolute atomic E-state index is 0.112. The zero-order chi connectivity index (χ0) is 16.7. The van der Waals surface area contributed by atoms with Gasteiger partial charge in [-0.2, -0.15) is 0 Å². The first kappa shape index (κ1) is 17.3. The Labute approximate surface area is 146 Å². The first-order valence-electron chi connectivity index (χ1n) is 7.40. The smallest absolute Gasteiger partial charge is 0.119 e. The molecular formula is C20H20BrNO. The highest BCUT2D eigenvalue weighted by Crippen LogP contribution is 2.27. The van der Waals surface area contributed by atoms with E-state index in [2.05, 4.69) is 58.7 Å². The van der Waals surface area contributed by atoms with Crippen molar-refractivity contribution in [1.82, 2.24) is 5.32 Å². The molecule has 0 saturated heterocycles. The van der Waals surface area contributed by atoms with E-state index in [1.165, 1.54) is 5.56 Å². The average molecular weight is 370 g/mol. The largest absolute Gasteiger partial charge is 0.497 e. The molecule has 2 aromatic rings. The van der Waals surface area contributed by atoms with Gasteiger partial charge in [0, 0.05) is 16.6 Å². The Morgan fingerprint density at radius 3 is 2.65 bits per heavy atom. The molecule has 0 radical (unpaired) electrons. The van der Waals surface area contributed by atoms with Crippen molar-refractivity contribution in [3.63, 3.8) is 0 Å². The standard InChI is InChI=1S/C20H20BrNO/c1-4-13-22-20(12-9-16-7-5-15(2)6-8-16)18-14-17(23-3)10-11-19(18)21/h4-8,10-11,14,20,22H,1,13H2,2-3H3. The molecular weight excluding hydrogens is 350 g/mol. The number of halogens is 1. The van der Waals surface area contributed by atoms with Crippen molar-refractivity contribution in [3.05, 3.63) is 76.3 Å². The third kappa shape index (κ3) is 4.99. The number of hydrogen-bond donors (Lipinski definition) is 1. The van der Waals surface area contributed by atoms with E-state index < -0.39 is 0 Å². The van der Waals surface area contributed by atoms with Gasteiger partial charge in [-0.15, -0.1) is 6.58 Å². The van der Waals surface area contributed by atoms with Crippen LogP contribution >= 0.6 is 15.9 Å². The second-order valence-corrected chi connectivity index (χ2v) is 6.01. The summed E-state index contributed by atoms with van der Waals surface area (Å²) in [5.41, 5.74) is 3.28. The lowest BCUT2D eigenvalue weighted by Gasteiger charge is -2.15. The summed E-state index contributed by atoms with van der Waals surface area (Å²) in [5, 5.41) is 3.38. The van der Waals surface area contributed by atoms with Gasteiger partial charge in [0.1, 0.15) is 5.75 Å². The molecule has 0 heterocycles. The molecule has 1 unspecified atom stereocenters. The lowest BCUT2D eigenvalue weighted by Crippen LogP contribution is -2.20. The summed E-state index contributed by atoms with van der Waals surface area (Å²) in [6.07, 6.45) is 1.83. The Bertz CT molecular complexity index is 726. The van der Waals surface area contributed by atoms with Gasteiger partial charge in [0.05, 0.1) is 13.2 Å². The van der Waals surface area contributed by atoms with E-state index in [9.17, 15) is 0 Å². The number of methoxy groups -OCH3 is 1. The van der Waals surface area contributed by atoms with E-state index in [1.807, 2.05) is 36.4 Å². The monoisotopic (exact) mass is 369 g/mol. The molecule has 0 amide bonds. The number of rotatable bonds is 5. The number of ether oxygens (including phenoxy) is 1. The highest BCUT2D eigenvalue weighted by atomic mass is 79.9. The normalized spacial score (nSPS) is 11.3.